The molecule has 0 N–H and O–H groups in total. The fourth-order valence-electron chi connectivity index (χ4n) is 3.51. The normalized spacial score (nSPS) is 30.6. The molecule has 7 heteroatoms. The summed E-state index contributed by atoms with van der Waals surface area (Å²) in [4.78, 5) is 13.9. The number of carbonyl (C=O) groups excluding carboxylic acids is 1. The van der Waals surface area contributed by atoms with E-state index in [1.807, 2.05) is 7.05 Å². The maximum Gasteiger partial charge on any atom is 0.310 e. The average molecular weight is 304 g/mol. The number of piperidine rings is 1. The third-order valence-electron chi connectivity index (χ3n) is 4.65. The van der Waals surface area contributed by atoms with E-state index in [2.05, 4.69) is 4.90 Å². The molecule has 116 valence electrons. The zero-order chi connectivity index (χ0) is 14.9. The number of methoxy groups -OCH3 is 1. The Labute approximate surface area is 121 Å². The molecular weight excluding hydrogens is 280 g/mol. The summed E-state index contributed by atoms with van der Waals surface area (Å²) in [7, 11) is 0.400. The number of hydrogen-bond donors (Lipinski definition) is 0. The predicted molar refractivity (Wildman–Crippen MR) is 75.7 cm³/mol. The second-order valence-corrected chi connectivity index (χ2v) is 7.94. The van der Waals surface area contributed by atoms with Crippen LogP contribution in [0.25, 0.3) is 0 Å². The van der Waals surface area contributed by atoms with Crippen LogP contribution in [-0.4, -0.2) is 69.7 Å². The first-order valence-corrected chi connectivity index (χ1v) is 8.91. The molecule has 0 aliphatic carbocycles. The van der Waals surface area contributed by atoms with Gasteiger partial charge >= 0.3 is 5.97 Å². The number of esters is 1. The molecule has 0 bridgehead atoms. The van der Waals surface area contributed by atoms with Crippen LogP contribution in [0.3, 0.4) is 0 Å². The molecule has 0 aromatic heterocycles. The van der Waals surface area contributed by atoms with Crippen LogP contribution >= 0.6 is 0 Å². The van der Waals surface area contributed by atoms with Gasteiger partial charge in [-0.25, -0.2) is 12.7 Å². The highest BCUT2D eigenvalue weighted by Gasteiger charge is 2.40. The molecule has 2 fully saturated rings. The standard InChI is InChI=1S/C13H24N2O4S/c1-14-9-11(13(16)19-2)8-12(14)10-4-6-15(7-5-10)20(3,17)18/h10-12H,4-9H2,1-3H3/t11-,12+/m0/s1. The molecule has 2 aliphatic rings. The van der Waals surface area contributed by atoms with Crippen molar-refractivity contribution in [3.05, 3.63) is 0 Å². The van der Waals surface area contributed by atoms with Gasteiger partial charge in [0, 0.05) is 25.7 Å². The Bertz CT molecular complexity index is 457. The largest absolute Gasteiger partial charge is 0.469 e. The van der Waals surface area contributed by atoms with Crippen LogP contribution in [0.4, 0.5) is 0 Å². The fraction of sp³-hybridized carbons (Fsp3) is 0.923. The minimum absolute atomic E-state index is 0.0389. The first kappa shape index (κ1) is 15.7. The van der Waals surface area contributed by atoms with Gasteiger partial charge < -0.3 is 9.64 Å². The van der Waals surface area contributed by atoms with Crippen LogP contribution < -0.4 is 0 Å². The number of rotatable bonds is 3. The van der Waals surface area contributed by atoms with Gasteiger partial charge in [0.2, 0.25) is 10.0 Å². The molecule has 2 atom stereocenters. The van der Waals surface area contributed by atoms with Crippen molar-refractivity contribution in [1.82, 2.24) is 9.21 Å². The van der Waals surface area contributed by atoms with Gasteiger partial charge in [0.1, 0.15) is 0 Å². The van der Waals surface area contributed by atoms with Crippen molar-refractivity contribution in [2.45, 2.75) is 25.3 Å². The van der Waals surface area contributed by atoms with E-state index in [1.54, 1.807) is 4.31 Å². The molecule has 6 nitrogen and oxygen atoms in total. The van der Waals surface area contributed by atoms with Crippen LogP contribution in [0.2, 0.25) is 0 Å². The zero-order valence-electron chi connectivity index (χ0n) is 12.4. The monoisotopic (exact) mass is 304 g/mol. The molecule has 0 aromatic carbocycles. The number of ether oxygens (including phenoxy) is 1. The predicted octanol–water partition coefficient (Wildman–Crippen LogP) is 0.151. The summed E-state index contributed by atoms with van der Waals surface area (Å²) in [6, 6.07) is 0.362. The van der Waals surface area contributed by atoms with Gasteiger partial charge in [-0.05, 0) is 32.2 Å². The molecule has 0 saturated carbocycles. The van der Waals surface area contributed by atoms with Gasteiger partial charge in [0.15, 0.2) is 0 Å². The third-order valence-corrected chi connectivity index (χ3v) is 5.95. The Morgan fingerprint density at radius 2 is 1.85 bits per heavy atom. The summed E-state index contributed by atoms with van der Waals surface area (Å²) >= 11 is 0. The molecular formula is C13H24N2O4S. The van der Waals surface area contributed by atoms with Crippen molar-refractivity contribution < 1.29 is 17.9 Å². The molecule has 2 aliphatic heterocycles. The average Bonchev–Trinajstić information content (AvgIpc) is 2.79. The lowest BCUT2D eigenvalue weighted by atomic mass is 9.87. The summed E-state index contributed by atoms with van der Waals surface area (Å²) in [5.74, 6) is 0.295. The van der Waals surface area contributed by atoms with Gasteiger partial charge in [0.25, 0.3) is 0 Å². The minimum Gasteiger partial charge on any atom is -0.469 e. The molecule has 20 heavy (non-hydrogen) atoms. The van der Waals surface area contributed by atoms with Crippen molar-refractivity contribution in [2.75, 3.05) is 40.0 Å². The SMILES string of the molecule is COC(=O)[C@H]1C[C@H](C2CCN(S(C)(=O)=O)CC2)N(C)C1. The van der Waals surface area contributed by atoms with Crippen LogP contribution in [0, 0.1) is 11.8 Å². The Balaban J connectivity index is 1.93. The lowest BCUT2D eigenvalue weighted by Gasteiger charge is -2.35. The topological polar surface area (TPSA) is 66.9 Å². The van der Waals surface area contributed by atoms with Crippen molar-refractivity contribution in [2.24, 2.45) is 11.8 Å². The summed E-state index contributed by atoms with van der Waals surface area (Å²) in [5, 5.41) is 0. The Kier molecular flexibility index (Phi) is 4.71. The van der Waals surface area contributed by atoms with E-state index in [0.29, 0.717) is 25.0 Å². The van der Waals surface area contributed by atoms with Gasteiger partial charge in [0.05, 0.1) is 19.3 Å². The molecule has 2 heterocycles. The van der Waals surface area contributed by atoms with Gasteiger partial charge in [-0.3, -0.25) is 4.79 Å². The summed E-state index contributed by atoms with van der Waals surface area (Å²) < 4.78 is 29.4. The van der Waals surface area contributed by atoms with E-state index in [-0.39, 0.29) is 11.9 Å². The zero-order valence-corrected chi connectivity index (χ0v) is 13.2. The highest BCUT2D eigenvalue weighted by Crippen LogP contribution is 2.33. The van der Waals surface area contributed by atoms with E-state index < -0.39 is 10.0 Å². The lowest BCUT2D eigenvalue weighted by Crippen LogP contribution is -2.43. The lowest BCUT2D eigenvalue weighted by molar-refractivity contribution is -0.144. The van der Waals surface area contributed by atoms with Crippen LogP contribution in [0.15, 0.2) is 0 Å². The van der Waals surface area contributed by atoms with Crippen molar-refractivity contribution in [3.8, 4) is 0 Å². The summed E-state index contributed by atoms with van der Waals surface area (Å²) in [6.07, 6.45) is 3.83. The fourth-order valence-corrected chi connectivity index (χ4v) is 4.39. The number of carbonyl (C=O) groups is 1. The maximum atomic E-state index is 11.6. The van der Waals surface area contributed by atoms with E-state index in [9.17, 15) is 13.2 Å². The second kappa shape index (κ2) is 5.99. The number of nitrogens with zero attached hydrogens (tertiary/aromatic N) is 2. The highest BCUT2D eigenvalue weighted by molar-refractivity contribution is 7.88. The molecule has 0 spiro atoms. The van der Waals surface area contributed by atoms with E-state index in [1.165, 1.54) is 13.4 Å². The number of likely N-dealkylation sites (tertiary alicyclic amines) is 1. The number of sulfonamides is 1. The van der Waals surface area contributed by atoms with Crippen molar-refractivity contribution >= 4 is 16.0 Å². The van der Waals surface area contributed by atoms with E-state index >= 15 is 0 Å². The molecule has 2 rings (SSSR count). The van der Waals surface area contributed by atoms with Crippen LogP contribution in [-0.2, 0) is 19.6 Å². The molecule has 0 radical (unpaired) electrons. The first-order valence-electron chi connectivity index (χ1n) is 7.06. The molecule has 0 aromatic rings. The van der Waals surface area contributed by atoms with Crippen LogP contribution in [0.1, 0.15) is 19.3 Å². The summed E-state index contributed by atoms with van der Waals surface area (Å²) in [5.41, 5.74) is 0. The van der Waals surface area contributed by atoms with E-state index in [4.69, 9.17) is 4.74 Å². The highest BCUT2D eigenvalue weighted by atomic mass is 32.2. The molecule has 0 unspecified atom stereocenters. The smallest absolute Gasteiger partial charge is 0.310 e. The summed E-state index contributed by atoms with van der Waals surface area (Å²) in [6.45, 7) is 1.93. The van der Waals surface area contributed by atoms with Crippen molar-refractivity contribution in [3.63, 3.8) is 0 Å². The first-order chi connectivity index (χ1) is 9.32. The molecule has 2 saturated heterocycles. The third kappa shape index (κ3) is 3.32. The number of hydrogen-bond acceptors (Lipinski definition) is 5. The van der Waals surface area contributed by atoms with Gasteiger partial charge in [-0.1, -0.05) is 0 Å². The van der Waals surface area contributed by atoms with Crippen LogP contribution in [0.5, 0.6) is 0 Å². The second-order valence-electron chi connectivity index (χ2n) is 5.96. The Hall–Kier alpha value is -0.660. The maximum absolute atomic E-state index is 11.6. The molecule has 0 amide bonds. The van der Waals surface area contributed by atoms with E-state index in [0.717, 1.165) is 25.8 Å². The van der Waals surface area contributed by atoms with Gasteiger partial charge in [-0.15, -0.1) is 0 Å². The quantitative estimate of drug-likeness (QED) is 0.695. The Morgan fingerprint density at radius 3 is 2.35 bits per heavy atom. The van der Waals surface area contributed by atoms with Crippen molar-refractivity contribution in [1.29, 1.82) is 0 Å². The Morgan fingerprint density at radius 1 is 1.25 bits per heavy atom. The minimum atomic E-state index is -3.07. The van der Waals surface area contributed by atoms with Gasteiger partial charge in [-0.2, -0.15) is 0 Å².